The zero-order chi connectivity index (χ0) is 38.9. The number of ether oxygens (including phenoxy) is 3. The smallest absolute Gasteiger partial charge is 0.407 e. The maximum absolute atomic E-state index is 12.7. The number of fused-ring (bicyclic) bond motifs is 2. The van der Waals surface area contributed by atoms with Crippen LogP contribution in [0, 0.1) is 13.8 Å². The lowest BCUT2D eigenvalue weighted by atomic mass is 9.93. The Balaban J connectivity index is 0.00000308. The van der Waals surface area contributed by atoms with Crippen LogP contribution in [0.1, 0.15) is 42.3 Å². The van der Waals surface area contributed by atoms with Gasteiger partial charge in [0, 0.05) is 67.1 Å². The maximum atomic E-state index is 12.7. The number of carbonyl (C=O) groups excluding carboxylic acids is 2. The second-order valence-corrected chi connectivity index (χ2v) is 14.0. The zero-order valence-electron chi connectivity index (χ0n) is 32.5. The maximum Gasteiger partial charge on any atom is 0.407 e. The van der Waals surface area contributed by atoms with Crippen LogP contribution in [0.5, 0.6) is 11.5 Å². The van der Waals surface area contributed by atoms with E-state index in [2.05, 4.69) is 87.9 Å². The van der Waals surface area contributed by atoms with E-state index in [4.69, 9.17) is 18.6 Å². The van der Waals surface area contributed by atoms with Crippen molar-refractivity contribution in [3.63, 3.8) is 0 Å². The quantitative estimate of drug-likeness (QED) is 0.0633. The molecule has 2 amide bonds. The van der Waals surface area contributed by atoms with Crippen LogP contribution in [0.4, 0.5) is 10.5 Å². The third kappa shape index (κ3) is 10.4. The van der Waals surface area contributed by atoms with Crippen LogP contribution in [0.15, 0.2) is 90.4 Å². The molecule has 1 aliphatic heterocycles. The molecule has 1 aliphatic carbocycles. The molecule has 0 aromatic heterocycles. The average Bonchev–Trinajstić information content (AvgIpc) is 3.11. The summed E-state index contributed by atoms with van der Waals surface area (Å²) in [6.45, 7) is 16.5. The van der Waals surface area contributed by atoms with Gasteiger partial charge in [-0.15, -0.1) is 13.2 Å². The number of hydrogen-bond donors (Lipinski definition) is 2. The minimum atomic E-state index is -0.579. The number of aryl methyl sites for hydroxylation is 2. The molecule has 10 nitrogen and oxygen atoms in total. The first-order valence-corrected chi connectivity index (χ1v) is 17.6. The average molecular weight is 722 g/mol. The molecule has 10 heteroatoms. The van der Waals surface area contributed by atoms with Gasteiger partial charge in [0.15, 0.2) is 0 Å². The van der Waals surface area contributed by atoms with Gasteiger partial charge in [0.25, 0.3) is 5.91 Å². The molecule has 53 heavy (non-hydrogen) atoms. The molecule has 0 unspecified atom stereocenters. The fourth-order valence-electron chi connectivity index (χ4n) is 5.66. The van der Waals surface area contributed by atoms with Crippen molar-refractivity contribution < 1.29 is 28.2 Å². The van der Waals surface area contributed by atoms with E-state index in [1.807, 2.05) is 42.0 Å². The highest BCUT2D eigenvalue weighted by Crippen LogP contribution is 2.42. The number of nitrogens with one attached hydrogen (secondary N) is 2. The number of hydrogen-bond acceptors (Lipinski definition) is 7. The molecule has 3 aromatic carbocycles. The largest absolute Gasteiger partial charge is 0.490 e. The molecule has 1 heterocycles. The number of alkyl carbamates (subject to hydrolysis) is 1. The molecule has 0 radical (unpaired) electrons. The summed E-state index contributed by atoms with van der Waals surface area (Å²) in [4.78, 5) is 26.5. The summed E-state index contributed by atoms with van der Waals surface area (Å²) in [5, 5.41) is 7.52. The lowest BCUT2D eigenvalue weighted by Gasteiger charge is -2.19. The molecule has 280 valence electrons. The Kier molecular flexibility index (Phi) is 13.3. The molecule has 0 saturated heterocycles. The molecule has 2 aliphatic rings. The lowest BCUT2D eigenvalue weighted by molar-refractivity contribution is 0.0526. The Morgan fingerprint density at radius 2 is 1.51 bits per heavy atom. The molecular formula is C43H53N4O6+. The molecule has 2 N–H and O–H groups in total. The van der Waals surface area contributed by atoms with E-state index in [9.17, 15) is 9.59 Å². The summed E-state index contributed by atoms with van der Waals surface area (Å²) >= 11 is 0. The molecule has 0 saturated carbocycles. The van der Waals surface area contributed by atoms with E-state index >= 15 is 0 Å². The van der Waals surface area contributed by atoms with Crippen molar-refractivity contribution in [2.75, 3.05) is 59.4 Å². The first-order valence-electron chi connectivity index (χ1n) is 17.6. The minimum absolute atomic E-state index is 0.238. The van der Waals surface area contributed by atoms with E-state index in [0.717, 1.165) is 61.3 Å². The fourth-order valence-corrected chi connectivity index (χ4v) is 5.66. The van der Waals surface area contributed by atoms with Crippen LogP contribution in [-0.4, -0.2) is 72.1 Å². The van der Waals surface area contributed by atoms with Gasteiger partial charge >= 0.3 is 6.09 Å². The second kappa shape index (κ2) is 17.6. The first kappa shape index (κ1) is 40.0. The van der Waals surface area contributed by atoms with E-state index in [-0.39, 0.29) is 19.0 Å². The molecule has 0 spiro atoms. The van der Waals surface area contributed by atoms with Gasteiger partial charge in [-0.1, -0.05) is 12.1 Å². The zero-order valence-corrected chi connectivity index (χ0v) is 32.5. The Bertz CT molecular complexity index is 2110. The predicted molar refractivity (Wildman–Crippen MR) is 214 cm³/mol. The topological polar surface area (TPSA) is 105 Å². The van der Waals surface area contributed by atoms with Gasteiger partial charge < -0.3 is 34.2 Å². The highest BCUT2D eigenvalue weighted by Gasteiger charge is 2.20. The van der Waals surface area contributed by atoms with Gasteiger partial charge in [0.1, 0.15) is 55.8 Å². The number of anilines is 1. The molecule has 0 fully saturated rings. The summed E-state index contributed by atoms with van der Waals surface area (Å²) in [7, 11) is 8.09. The van der Waals surface area contributed by atoms with Crippen molar-refractivity contribution in [2.24, 2.45) is 0 Å². The SMILES string of the molecule is C=C.Cc1cc(C(=O)NCCNC(=O)OC(C)(C)C)ccc1OCCOc1cc(-c2c3ccc(=[N+](C)C)cc-3oc3cc(N(C)C)ccc23)ccc1C. The van der Waals surface area contributed by atoms with Gasteiger partial charge in [0.2, 0.25) is 5.36 Å². The monoisotopic (exact) mass is 721 g/mol. The fraction of sp³-hybridized carbons (Fsp3) is 0.326. The summed E-state index contributed by atoms with van der Waals surface area (Å²) in [6.07, 6.45) is -0.520. The summed E-state index contributed by atoms with van der Waals surface area (Å²) in [5.74, 6) is 2.02. The van der Waals surface area contributed by atoms with Crippen LogP contribution in [0.25, 0.3) is 33.4 Å². The number of amides is 2. The standard InChI is InChI=1S/C41H48N4O6.C2H4/c1-26-10-11-28(38-32-15-13-30(44(6)7)24-36(32)50-37-25-31(45(8)9)14-16-33(37)38)23-35(26)49-21-20-48-34-17-12-29(22-27(34)2)39(46)42-18-19-43-40(47)51-41(3,4)5;1-2/h10-17,22-25H,18-21H2,1-9H3,(H-,42,43,46,47);1-2H2/p+1. The Morgan fingerprint density at radius 1 is 0.811 bits per heavy atom. The minimum Gasteiger partial charge on any atom is -0.490 e. The van der Waals surface area contributed by atoms with Gasteiger partial charge in [-0.2, -0.15) is 0 Å². The van der Waals surface area contributed by atoms with Crippen LogP contribution >= 0.6 is 0 Å². The van der Waals surface area contributed by atoms with Crippen molar-refractivity contribution in [3.8, 4) is 33.9 Å². The highest BCUT2D eigenvalue weighted by molar-refractivity contribution is 6.02. The van der Waals surface area contributed by atoms with Crippen LogP contribution < -0.4 is 34.9 Å². The van der Waals surface area contributed by atoms with Crippen LogP contribution in [0.2, 0.25) is 0 Å². The van der Waals surface area contributed by atoms with Crippen LogP contribution in [-0.2, 0) is 4.74 Å². The van der Waals surface area contributed by atoms with Crippen molar-refractivity contribution in [1.82, 2.24) is 15.2 Å². The van der Waals surface area contributed by atoms with Crippen LogP contribution in [0.3, 0.4) is 0 Å². The van der Waals surface area contributed by atoms with E-state index in [0.29, 0.717) is 24.5 Å². The Hall–Kier alpha value is -5.77. The Labute approximate surface area is 313 Å². The molecule has 0 atom stereocenters. The van der Waals surface area contributed by atoms with Gasteiger partial charge in [-0.25, -0.2) is 9.37 Å². The molecule has 5 rings (SSSR count). The molecule has 0 bridgehead atoms. The van der Waals surface area contributed by atoms with Crippen molar-refractivity contribution >= 4 is 28.7 Å². The summed E-state index contributed by atoms with van der Waals surface area (Å²) < 4.78 is 26.1. The normalized spacial score (nSPS) is 11.0. The summed E-state index contributed by atoms with van der Waals surface area (Å²) in [5.41, 5.74) is 6.78. The third-order valence-electron chi connectivity index (χ3n) is 8.31. The van der Waals surface area contributed by atoms with Gasteiger partial charge in [-0.3, -0.25) is 4.79 Å². The molecule has 3 aromatic rings. The number of carbonyl (C=O) groups is 2. The summed E-state index contributed by atoms with van der Waals surface area (Å²) in [6, 6.07) is 24.2. The highest BCUT2D eigenvalue weighted by atomic mass is 16.6. The van der Waals surface area contributed by atoms with Crippen molar-refractivity contribution in [1.29, 1.82) is 0 Å². The Morgan fingerprint density at radius 3 is 2.17 bits per heavy atom. The van der Waals surface area contributed by atoms with Gasteiger partial charge in [-0.05, 0) is 93.8 Å². The number of benzene rings is 4. The second-order valence-electron chi connectivity index (χ2n) is 14.0. The van der Waals surface area contributed by atoms with E-state index in [1.54, 1.807) is 39.0 Å². The first-order chi connectivity index (χ1) is 25.2. The predicted octanol–water partition coefficient (Wildman–Crippen LogP) is 7.43. The van der Waals surface area contributed by atoms with E-state index in [1.165, 1.54) is 0 Å². The van der Waals surface area contributed by atoms with E-state index < -0.39 is 11.7 Å². The number of nitrogens with zero attached hydrogens (tertiary/aromatic N) is 2. The third-order valence-corrected chi connectivity index (χ3v) is 8.31. The number of rotatable bonds is 11. The lowest BCUT2D eigenvalue weighted by Crippen LogP contribution is -2.37. The van der Waals surface area contributed by atoms with Gasteiger partial charge in [0.05, 0.1) is 6.07 Å². The molecular weight excluding hydrogens is 668 g/mol. The van der Waals surface area contributed by atoms with Crippen molar-refractivity contribution in [3.05, 3.63) is 108 Å². The van der Waals surface area contributed by atoms with Crippen molar-refractivity contribution in [2.45, 2.75) is 40.2 Å².